The Morgan fingerprint density at radius 3 is 2.39 bits per heavy atom. The van der Waals surface area contributed by atoms with E-state index >= 15 is 0 Å². The normalized spacial score (nSPS) is 19.3. The van der Waals surface area contributed by atoms with Gasteiger partial charge in [0.1, 0.15) is 11.4 Å². The van der Waals surface area contributed by atoms with Crippen LogP contribution >= 0.6 is 0 Å². The summed E-state index contributed by atoms with van der Waals surface area (Å²) < 4.78 is 15.5. The molecule has 178 valence electrons. The minimum atomic E-state index is -0.255. The molecule has 6 nitrogen and oxygen atoms in total. The summed E-state index contributed by atoms with van der Waals surface area (Å²) >= 11 is 0. The smallest absolute Gasteiger partial charge is 0.259 e. The Balaban J connectivity index is 1.55. The van der Waals surface area contributed by atoms with Crippen LogP contribution < -0.4 is 10.3 Å². The van der Waals surface area contributed by atoms with Gasteiger partial charge in [-0.3, -0.25) is 14.5 Å². The zero-order valence-corrected chi connectivity index (χ0v) is 20.0. The highest BCUT2D eigenvalue weighted by Crippen LogP contribution is 2.22. The summed E-state index contributed by atoms with van der Waals surface area (Å²) in [5, 5.41) is 0. The predicted octanol–water partition coefficient (Wildman–Crippen LogP) is 3.30. The summed E-state index contributed by atoms with van der Waals surface area (Å²) in [5.74, 6) is -0.418. The maximum absolute atomic E-state index is 13.5. The van der Waals surface area contributed by atoms with Crippen LogP contribution in [0.15, 0.2) is 35.1 Å². The molecule has 4 rings (SSSR count). The van der Waals surface area contributed by atoms with Gasteiger partial charge in [0.25, 0.3) is 5.91 Å². The second-order valence-electron chi connectivity index (χ2n) is 9.12. The zero-order valence-electron chi connectivity index (χ0n) is 20.0. The molecule has 7 heteroatoms. The molecule has 33 heavy (non-hydrogen) atoms. The number of hydrogen-bond acceptors (Lipinski definition) is 4. The topological polar surface area (TPSA) is 48.8 Å². The number of likely N-dealkylation sites (tertiary alicyclic amines) is 1. The van der Waals surface area contributed by atoms with E-state index in [2.05, 4.69) is 21.3 Å². The van der Waals surface area contributed by atoms with Crippen LogP contribution in [0.5, 0.6) is 0 Å². The lowest BCUT2D eigenvalue weighted by molar-refractivity contribution is 0.0743. The summed E-state index contributed by atoms with van der Waals surface area (Å²) in [4.78, 5) is 33.0. The van der Waals surface area contributed by atoms with Gasteiger partial charge in [-0.2, -0.15) is 0 Å². The third kappa shape index (κ3) is 4.83. The first kappa shape index (κ1) is 23.5. The lowest BCUT2D eigenvalue weighted by Gasteiger charge is -2.36. The van der Waals surface area contributed by atoms with Crippen molar-refractivity contribution >= 4 is 11.6 Å². The van der Waals surface area contributed by atoms with Gasteiger partial charge in [0.15, 0.2) is 5.43 Å². The summed E-state index contributed by atoms with van der Waals surface area (Å²) in [6, 6.07) is 8.53. The molecule has 3 heterocycles. The Labute approximate surface area is 195 Å². The molecule has 1 amide bonds. The van der Waals surface area contributed by atoms with E-state index in [-0.39, 0.29) is 17.2 Å². The van der Waals surface area contributed by atoms with E-state index in [0.29, 0.717) is 44.2 Å². The number of piperazine rings is 1. The number of carbonyl (C=O) groups excluding carboxylic acids is 1. The summed E-state index contributed by atoms with van der Waals surface area (Å²) in [5.41, 5.74) is 2.89. The lowest BCUT2D eigenvalue weighted by Crippen LogP contribution is -2.50. The van der Waals surface area contributed by atoms with Crippen molar-refractivity contribution in [2.75, 3.05) is 44.2 Å². The van der Waals surface area contributed by atoms with E-state index in [1.54, 1.807) is 23.1 Å². The number of aromatic nitrogens is 1. The second-order valence-corrected chi connectivity index (χ2v) is 9.12. The van der Waals surface area contributed by atoms with Gasteiger partial charge in [0, 0.05) is 61.9 Å². The van der Waals surface area contributed by atoms with E-state index in [4.69, 9.17) is 0 Å². The Bertz CT molecular complexity index is 1040. The van der Waals surface area contributed by atoms with Crippen LogP contribution in [-0.2, 0) is 13.0 Å². The Kier molecular flexibility index (Phi) is 7.17. The second kappa shape index (κ2) is 10.1. The average Bonchev–Trinajstić information content (AvgIpc) is 3.28. The minimum absolute atomic E-state index is 0.164. The molecule has 0 aliphatic carbocycles. The number of rotatable bonds is 6. The van der Waals surface area contributed by atoms with Gasteiger partial charge < -0.3 is 14.4 Å². The van der Waals surface area contributed by atoms with Gasteiger partial charge in [-0.25, -0.2) is 4.39 Å². The molecule has 1 atom stereocenters. The fourth-order valence-electron chi connectivity index (χ4n) is 5.39. The fourth-order valence-corrected chi connectivity index (χ4v) is 5.39. The van der Waals surface area contributed by atoms with Crippen LogP contribution in [0.1, 0.15) is 48.4 Å². The van der Waals surface area contributed by atoms with Gasteiger partial charge in [0.2, 0.25) is 0 Å². The van der Waals surface area contributed by atoms with Gasteiger partial charge in [0.05, 0.1) is 0 Å². The molecule has 2 saturated heterocycles. The third-order valence-electron chi connectivity index (χ3n) is 7.23. The lowest BCUT2D eigenvalue weighted by atomic mass is 10.1. The average molecular weight is 455 g/mol. The molecule has 2 aliphatic rings. The van der Waals surface area contributed by atoms with Crippen LogP contribution in [-0.4, -0.2) is 65.6 Å². The van der Waals surface area contributed by atoms with E-state index < -0.39 is 0 Å². The highest BCUT2D eigenvalue weighted by molar-refractivity contribution is 5.95. The summed E-state index contributed by atoms with van der Waals surface area (Å²) in [6.07, 6.45) is 2.99. The SMILES string of the molecule is CCc1c(C(=O)N2CCN(c3ccc(F)cc3)CC2)c(=O)cc(C)n1C[C@@H]1CCCN1CC. The van der Waals surface area contributed by atoms with E-state index in [1.807, 2.05) is 13.8 Å². The van der Waals surface area contributed by atoms with Crippen LogP contribution in [0.3, 0.4) is 0 Å². The van der Waals surface area contributed by atoms with Gasteiger partial charge in [-0.15, -0.1) is 0 Å². The third-order valence-corrected chi connectivity index (χ3v) is 7.23. The first-order valence-electron chi connectivity index (χ1n) is 12.2. The van der Waals surface area contributed by atoms with E-state index in [9.17, 15) is 14.0 Å². The number of pyridine rings is 1. The van der Waals surface area contributed by atoms with Crippen molar-refractivity contribution < 1.29 is 9.18 Å². The van der Waals surface area contributed by atoms with Crippen LogP contribution in [0.2, 0.25) is 0 Å². The van der Waals surface area contributed by atoms with Crippen LogP contribution in [0, 0.1) is 12.7 Å². The first-order chi connectivity index (χ1) is 15.9. The number of likely N-dealkylation sites (N-methyl/N-ethyl adjacent to an activating group) is 1. The van der Waals surface area contributed by atoms with Crippen molar-refractivity contribution in [3.05, 3.63) is 63.3 Å². The van der Waals surface area contributed by atoms with Crippen molar-refractivity contribution in [2.24, 2.45) is 0 Å². The Morgan fingerprint density at radius 2 is 1.76 bits per heavy atom. The number of anilines is 1. The zero-order chi connectivity index (χ0) is 23.5. The summed E-state index contributed by atoms with van der Waals surface area (Å²) in [7, 11) is 0. The highest BCUT2D eigenvalue weighted by atomic mass is 19.1. The standard InChI is InChI=1S/C26H35FN4O2/c1-4-23-25(24(32)17-19(3)31(23)18-22-7-6-12-28(22)5-2)26(33)30-15-13-29(14-16-30)21-10-8-20(27)9-11-21/h8-11,17,22H,4-7,12-16,18H2,1-3H3/t22-/m0/s1. The van der Waals surface area contributed by atoms with Crippen LogP contribution in [0.25, 0.3) is 0 Å². The van der Waals surface area contributed by atoms with E-state index in [0.717, 1.165) is 43.1 Å². The number of halogens is 1. The minimum Gasteiger partial charge on any atom is -0.368 e. The van der Waals surface area contributed by atoms with Crippen molar-refractivity contribution in [1.29, 1.82) is 0 Å². The predicted molar refractivity (Wildman–Crippen MR) is 130 cm³/mol. The first-order valence-corrected chi connectivity index (χ1v) is 12.2. The van der Waals surface area contributed by atoms with E-state index in [1.165, 1.54) is 18.6 Å². The maximum atomic E-state index is 13.5. The molecule has 0 saturated carbocycles. The monoisotopic (exact) mass is 454 g/mol. The van der Waals surface area contributed by atoms with Crippen molar-refractivity contribution in [3.63, 3.8) is 0 Å². The number of carbonyl (C=O) groups is 1. The van der Waals surface area contributed by atoms with Crippen molar-refractivity contribution in [3.8, 4) is 0 Å². The molecular formula is C26H35FN4O2. The molecule has 0 N–H and O–H groups in total. The maximum Gasteiger partial charge on any atom is 0.259 e. The molecular weight excluding hydrogens is 419 g/mol. The fraction of sp³-hybridized carbons (Fsp3) is 0.538. The molecule has 2 aliphatic heterocycles. The molecule has 2 aromatic rings. The summed E-state index contributed by atoms with van der Waals surface area (Å²) in [6.45, 7) is 11.6. The largest absolute Gasteiger partial charge is 0.368 e. The molecule has 0 unspecified atom stereocenters. The molecule has 0 bridgehead atoms. The number of hydrogen-bond donors (Lipinski definition) is 0. The molecule has 2 fully saturated rings. The number of nitrogens with zero attached hydrogens (tertiary/aromatic N) is 4. The molecule has 0 spiro atoms. The molecule has 1 aromatic carbocycles. The van der Waals surface area contributed by atoms with Gasteiger partial charge in [-0.05, 0) is 63.5 Å². The Morgan fingerprint density at radius 1 is 1.06 bits per heavy atom. The number of amides is 1. The van der Waals surface area contributed by atoms with Crippen LogP contribution in [0.4, 0.5) is 10.1 Å². The number of aryl methyl sites for hydroxylation is 1. The molecule has 0 radical (unpaired) electrons. The molecule has 1 aromatic heterocycles. The highest BCUT2D eigenvalue weighted by Gasteiger charge is 2.29. The van der Waals surface area contributed by atoms with Crippen molar-refractivity contribution in [2.45, 2.75) is 52.6 Å². The number of benzene rings is 1. The van der Waals surface area contributed by atoms with Crippen molar-refractivity contribution in [1.82, 2.24) is 14.4 Å². The quantitative estimate of drug-likeness (QED) is 0.672. The van der Waals surface area contributed by atoms with Gasteiger partial charge >= 0.3 is 0 Å². The van der Waals surface area contributed by atoms with Gasteiger partial charge in [-0.1, -0.05) is 13.8 Å². The Hall–Kier alpha value is -2.67.